The molecule has 3 heterocycles. The Kier molecular flexibility index (Phi) is 4.20. The minimum Gasteiger partial charge on any atom is -0.471 e. The number of aromatic nitrogens is 3. The summed E-state index contributed by atoms with van der Waals surface area (Å²) in [6, 6.07) is 19.3. The van der Waals surface area contributed by atoms with Gasteiger partial charge in [-0.2, -0.15) is 5.10 Å². The number of hydrogen-bond donors (Lipinski definition) is 1. The Labute approximate surface area is 165 Å². The number of likely N-dealkylation sites (tertiary alicyclic amines) is 1. The molecule has 5 rings (SSSR count). The molecule has 29 heavy (non-hydrogen) atoms. The van der Waals surface area contributed by atoms with Gasteiger partial charge >= 0.3 is 0 Å². The molecule has 0 unspecified atom stereocenters. The van der Waals surface area contributed by atoms with Crippen LogP contribution in [0.4, 0.5) is 4.39 Å². The summed E-state index contributed by atoms with van der Waals surface area (Å²) in [4.78, 5) is 18.8. The average molecular weight is 388 g/mol. The van der Waals surface area contributed by atoms with E-state index in [9.17, 15) is 9.18 Å². The number of carbonyl (C=O) groups is 1. The van der Waals surface area contributed by atoms with E-state index in [1.165, 1.54) is 12.1 Å². The van der Waals surface area contributed by atoms with Gasteiger partial charge in [-0.15, -0.1) is 0 Å². The molecule has 7 heteroatoms. The van der Waals surface area contributed by atoms with Gasteiger partial charge in [0.05, 0.1) is 24.3 Å². The number of benzene rings is 2. The van der Waals surface area contributed by atoms with Crippen LogP contribution in [-0.4, -0.2) is 45.2 Å². The number of nitrogens with one attached hydrogen (secondary N) is 1. The van der Waals surface area contributed by atoms with Crippen molar-refractivity contribution >= 4 is 16.8 Å². The van der Waals surface area contributed by atoms with Crippen LogP contribution in [0, 0.1) is 5.82 Å². The van der Waals surface area contributed by atoms with Crippen LogP contribution in [0.2, 0.25) is 0 Å². The number of fused-ring (bicyclic) bond motifs is 1. The number of rotatable bonds is 4. The Morgan fingerprint density at radius 1 is 1.07 bits per heavy atom. The second kappa shape index (κ2) is 7.01. The minimum atomic E-state index is -0.312. The van der Waals surface area contributed by atoms with Crippen molar-refractivity contribution in [2.45, 2.75) is 6.10 Å². The van der Waals surface area contributed by atoms with E-state index >= 15 is 0 Å². The number of carbonyl (C=O) groups excluding carboxylic acids is 1. The molecule has 6 nitrogen and oxygen atoms in total. The smallest absolute Gasteiger partial charge is 0.272 e. The monoisotopic (exact) mass is 388 g/mol. The lowest BCUT2D eigenvalue weighted by atomic mass is 10.1. The van der Waals surface area contributed by atoms with E-state index in [2.05, 4.69) is 15.2 Å². The molecule has 1 aliphatic rings. The van der Waals surface area contributed by atoms with Crippen molar-refractivity contribution in [2.24, 2.45) is 0 Å². The van der Waals surface area contributed by atoms with E-state index < -0.39 is 0 Å². The summed E-state index contributed by atoms with van der Waals surface area (Å²) >= 11 is 0. The average Bonchev–Trinajstić information content (AvgIpc) is 3.20. The third kappa shape index (κ3) is 3.42. The molecule has 1 amide bonds. The first-order valence-electron chi connectivity index (χ1n) is 9.29. The summed E-state index contributed by atoms with van der Waals surface area (Å²) in [6.07, 6.45) is -0.0906. The van der Waals surface area contributed by atoms with Crippen molar-refractivity contribution in [3.63, 3.8) is 0 Å². The van der Waals surface area contributed by atoms with Crippen LogP contribution in [0.5, 0.6) is 5.88 Å². The number of aromatic amines is 1. The standard InChI is InChI=1S/C22H17FN4O2/c23-16-8-5-15(6-9-16)19-11-20(26-25-19)22(28)27-12-17(13-27)29-21-10-7-14-3-1-2-4-18(14)24-21/h1-11,17H,12-13H2,(H,25,26). The fraction of sp³-hybridized carbons (Fsp3) is 0.136. The highest BCUT2D eigenvalue weighted by atomic mass is 19.1. The SMILES string of the molecule is O=C(c1cc(-c2ccc(F)cc2)n[nH]1)N1CC(Oc2ccc3ccccc3n2)C1. The molecule has 1 fully saturated rings. The molecule has 0 saturated carbocycles. The summed E-state index contributed by atoms with van der Waals surface area (Å²) in [5.74, 6) is 0.103. The number of pyridine rings is 1. The number of ether oxygens (including phenoxy) is 1. The number of para-hydroxylation sites is 1. The van der Waals surface area contributed by atoms with Crippen molar-refractivity contribution in [3.05, 3.63) is 78.2 Å². The van der Waals surface area contributed by atoms with E-state index in [-0.39, 0.29) is 17.8 Å². The first kappa shape index (κ1) is 17.4. The molecule has 0 aliphatic carbocycles. The molecule has 2 aromatic carbocycles. The number of halogens is 1. The summed E-state index contributed by atoms with van der Waals surface area (Å²) in [5.41, 5.74) is 2.62. The quantitative estimate of drug-likeness (QED) is 0.579. The predicted molar refractivity (Wildman–Crippen MR) is 106 cm³/mol. The second-order valence-electron chi connectivity index (χ2n) is 6.97. The minimum absolute atomic E-state index is 0.0906. The van der Waals surface area contributed by atoms with E-state index in [4.69, 9.17) is 4.74 Å². The molecule has 0 bridgehead atoms. The highest BCUT2D eigenvalue weighted by Crippen LogP contribution is 2.23. The molecule has 0 radical (unpaired) electrons. The maximum atomic E-state index is 13.1. The lowest BCUT2D eigenvalue weighted by molar-refractivity contribution is 0.0157. The van der Waals surface area contributed by atoms with Gasteiger partial charge < -0.3 is 9.64 Å². The van der Waals surface area contributed by atoms with E-state index in [1.807, 2.05) is 36.4 Å². The van der Waals surface area contributed by atoms with Crippen molar-refractivity contribution in [1.29, 1.82) is 0 Å². The molecular formula is C22H17FN4O2. The van der Waals surface area contributed by atoms with Crippen LogP contribution in [-0.2, 0) is 0 Å². The van der Waals surface area contributed by atoms with Crippen LogP contribution in [0.25, 0.3) is 22.2 Å². The zero-order valence-corrected chi connectivity index (χ0v) is 15.4. The fourth-order valence-electron chi connectivity index (χ4n) is 3.33. The van der Waals surface area contributed by atoms with E-state index in [0.29, 0.717) is 30.4 Å². The third-order valence-corrected chi connectivity index (χ3v) is 4.94. The van der Waals surface area contributed by atoms with Gasteiger partial charge in [-0.25, -0.2) is 9.37 Å². The van der Waals surface area contributed by atoms with Gasteiger partial charge in [-0.3, -0.25) is 9.89 Å². The number of hydrogen-bond acceptors (Lipinski definition) is 4. The topological polar surface area (TPSA) is 71.1 Å². The Morgan fingerprint density at radius 3 is 2.69 bits per heavy atom. The van der Waals surface area contributed by atoms with Crippen molar-refractivity contribution in [2.75, 3.05) is 13.1 Å². The zero-order valence-electron chi connectivity index (χ0n) is 15.4. The number of amides is 1. The molecule has 1 aliphatic heterocycles. The van der Waals surface area contributed by atoms with Gasteiger partial charge in [0, 0.05) is 17.0 Å². The zero-order chi connectivity index (χ0) is 19.8. The highest BCUT2D eigenvalue weighted by molar-refractivity contribution is 5.94. The van der Waals surface area contributed by atoms with Crippen molar-refractivity contribution in [1.82, 2.24) is 20.1 Å². The van der Waals surface area contributed by atoms with E-state index in [1.54, 1.807) is 23.1 Å². The van der Waals surface area contributed by atoms with Gasteiger partial charge in [0.25, 0.3) is 5.91 Å². The maximum absolute atomic E-state index is 13.1. The maximum Gasteiger partial charge on any atom is 0.272 e. The van der Waals surface area contributed by atoms with Crippen LogP contribution < -0.4 is 4.74 Å². The molecule has 4 aromatic rings. The predicted octanol–water partition coefficient (Wildman–Crippen LogP) is 3.67. The van der Waals surface area contributed by atoms with Gasteiger partial charge in [-0.1, -0.05) is 18.2 Å². The largest absolute Gasteiger partial charge is 0.471 e. The normalized spacial score (nSPS) is 14.0. The first-order chi connectivity index (χ1) is 14.2. The van der Waals surface area contributed by atoms with Crippen LogP contribution in [0.1, 0.15) is 10.5 Å². The summed E-state index contributed by atoms with van der Waals surface area (Å²) in [5, 5.41) is 7.98. The summed E-state index contributed by atoms with van der Waals surface area (Å²) < 4.78 is 19.0. The third-order valence-electron chi connectivity index (χ3n) is 4.94. The molecule has 1 saturated heterocycles. The Balaban J connectivity index is 1.21. The van der Waals surface area contributed by atoms with Gasteiger partial charge in [0.1, 0.15) is 17.6 Å². The molecule has 1 N–H and O–H groups in total. The van der Waals surface area contributed by atoms with Crippen molar-refractivity contribution in [3.8, 4) is 17.1 Å². The first-order valence-corrected chi connectivity index (χ1v) is 9.29. The van der Waals surface area contributed by atoms with Crippen LogP contribution in [0.3, 0.4) is 0 Å². The fourth-order valence-corrected chi connectivity index (χ4v) is 3.33. The lowest BCUT2D eigenvalue weighted by Gasteiger charge is -2.38. The Bertz CT molecular complexity index is 1180. The molecular weight excluding hydrogens is 371 g/mol. The van der Waals surface area contributed by atoms with Crippen molar-refractivity contribution < 1.29 is 13.9 Å². The lowest BCUT2D eigenvalue weighted by Crippen LogP contribution is -2.56. The van der Waals surface area contributed by atoms with Gasteiger partial charge in [-0.05, 0) is 42.5 Å². The highest BCUT2D eigenvalue weighted by Gasteiger charge is 2.34. The second-order valence-corrected chi connectivity index (χ2v) is 6.97. The van der Waals surface area contributed by atoms with Crippen LogP contribution in [0.15, 0.2) is 66.7 Å². The van der Waals surface area contributed by atoms with Gasteiger partial charge in [0.2, 0.25) is 5.88 Å². The Hall–Kier alpha value is -3.74. The molecule has 0 atom stereocenters. The summed E-state index contributed by atoms with van der Waals surface area (Å²) in [7, 11) is 0. The Morgan fingerprint density at radius 2 is 1.86 bits per heavy atom. The molecule has 2 aromatic heterocycles. The molecule has 0 spiro atoms. The van der Waals surface area contributed by atoms with Gasteiger partial charge in [0.15, 0.2) is 0 Å². The molecule has 144 valence electrons. The summed E-state index contributed by atoms with van der Waals surface area (Å²) in [6.45, 7) is 0.969. The number of H-pyrrole nitrogens is 1. The van der Waals surface area contributed by atoms with E-state index in [0.717, 1.165) is 16.5 Å². The number of nitrogens with zero attached hydrogens (tertiary/aromatic N) is 3. The van der Waals surface area contributed by atoms with Crippen LogP contribution >= 0.6 is 0 Å².